The number of aliphatic hydroxyl groups is 1. The quantitative estimate of drug-likeness (QED) is 0.784. The largest absolute Gasteiger partial charge is 0.466 e. The van der Waals surface area contributed by atoms with E-state index in [1.165, 1.54) is 5.56 Å². The van der Waals surface area contributed by atoms with Crippen LogP contribution in [0.4, 0.5) is 0 Å². The van der Waals surface area contributed by atoms with Crippen LogP contribution in [-0.4, -0.2) is 17.3 Å². The Balaban J connectivity index is 2.41. The number of hydrogen-bond donors (Lipinski definition) is 2. The molecule has 0 radical (unpaired) electrons. The van der Waals surface area contributed by atoms with Gasteiger partial charge in [-0.1, -0.05) is 6.92 Å². The van der Waals surface area contributed by atoms with Crippen molar-refractivity contribution in [1.29, 1.82) is 0 Å². The summed E-state index contributed by atoms with van der Waals surface area (Å²) in [5.74, 6) is 1.89. The van der Waals surface area contributed by atoms with E-state index >= 15 is 0 Å². The van der Waals surface area contributed by atoms with Gasteiger partial charge < -0.3 is 14.8 Å². The summed E-state index contributed by atoms with van der Waals surface area (Å²) >= 11 is 0. The zero-order chi connectivity index (χ0) is 11.5. The molecule has 1 rings (SSSR count). The highest BCUT2D eigenvalue weighted by atomic mass is 16.3. The summed E-state index contributed by atoms with van der Waals surface area (Å²) in [5.41, 5.74) is 0.548. The predicted octanol–water partition coefficient (Wildman–Crippen LogP) is 2.15. The molecule has 1 unspecified atom stereocenters. The van der Waals surface area contributed by atoms with E-state index in [0.717, 1.165) is 24.5 Å². The first kappa shape index (κ1) is 12.3. The van der Waals surface area contributed by atoms with Gasteiger partial charge in [0.1, 0.15) is 11.5 Å². The third-order valence-electron chi connectivity index (χ3n) is 2.73. The molecule has 3 heteroatoms. The van der Waals surface area contributed by atoms with E-state index in [1.807, 2.05) is 33.8 Å². The van der Waals surface area contributed by atoms with Gasteiger partial charge in [0.2, 0.25) is 0 Å². The van der Waals surface area contributed by atoms with E-state index in [4.69, 9.17) is 4.42 Å². The van der Waals surface area contributed by atoms with Gasteiger partial charge in [0.25, 0.3) is 0 Å². The fourth-order valence-electron chi connectivity index (χ4n) is 1.45. The molecule has 0 amide bonds. The van der Waals surface area contributed by atoms with Gasteiger partial charge in [-0.05, 0) is 33.3 Å². The third-order valence-corrected chi connectivity index (χ3v) is 2.73. The summed E-state index contributed by atoms with van der Waals surface area (Å²) in [6.07, 6.45) is 0.753. The van der Waals surface area contributed by atoms with Gasteiger partial charge in [0, 0.05) is 18.7 Å². The topological polar surface area (TPSA) is 45.4 Å². The van der Waals surface area contributed by atoms with E-state index < -0.39 is 5.60 Å². The van der Waals surface area contributed by atoms with Crippen LogP contribution in [0.15, 0.2) is 10.5 Å². The molecule has 0 aliphatic heterocycles. The van der Waals surface area contributed by atoms with Crippen molar-refractivity contribution in [2.75, 3.05) is 6.54 Å². The van der Waals surface area contributed by atoms with Gasteiger partial charge in [-0.25, -0.2) is 0 Å². The molecule has 2 N–H and O–H groups in total. The van der Waals surface area contributed by atoms with E-state index in [2.05, 4.69) is 5.32 Å². The van der Waals surface area contributed by atoms with E-state index in [-0.39, 0.29) is 0 Å². The Kier molecular flexibility index (Phi) is 3.94. The van der Waals surface area contributed by atoms with E-state index in [9.17, 15) is 5.11 Å². The van der Waals surface area contributed by atoms with Gasteiger partial charge in [0.15, 0.2) is 0 Å². The SMILES string of the molecule is CCC(C)(O)CNCc1cc(C)oc1C. The maximum absolute atomic E-state index is 9.79. The smallest absolute Gasteiger partial charge is 0.105 e. The number of furan rings is 1. The first-order valence-corrected chi connectivity index (χ1v) is 5.43. The molecule has 0 saturated carbocycles. The maximum Gasteiger partial charge on any atom is 0.105 e. The second-order valence-corrected chi connectivity index (χ2v) is 4.39. The van der Waals surface area contributed by atoms with Crippen molar-refractivity contribution < 1.29 is 9.52 Å². The fraction of sp³-hybridized carbons (Fsp3) is 0.667. The van der Waals surface area contributed by atoms with Gasteiger partial charge in [-0.2, -0.15) is 0 Å². The average Bonchev–Trinajstić information content (AvgIpc) is 2.45. The maximum atomic E-state index is 9.79. The molecule has 1 aromatic rings. The summed E-state index contributed by atoms with van der Waals surface area (Å²) in [6, 6.07) is 2.03. The predicted molar refractivity (Wildman–Crippen MR) is 60.8 cm³/mol. The first-order chi connectivity index (χ1) is 6.94. The molecule has 1 heterocycles. The molecule has 0 aliphatic rings. The number of rotatable bonds is 5. The van der Waals surface area contributed by atoms with Crippen molar-refractivity contribution in [2.45, 2.75) is 46.3 Å². The summed E-state index contributed by atoms with van der Waals surface area (Å²) in [7, 11) is 0. The lowest BCUT2D eigenvalue weighted by atomic mass is 10.0. The molecule has 0 saturated heterocycles. The van der Waals surface area contributed by atoms with Gasteiger partial charge >= 0.3 is 0 Å². The normalized spacial score (nSPS) is 15.3. The lowest BCUT2D eigenvalue weighted by molar-refractivity contribution is 0.0555. The minimum Gasteiger partial charge on any atom is -0.466 e. The molecule has 3 nitrogen and oxygen atoms in total. The molecule has 15 heavy (non-hydrogen) atoms. The van der Waals surface area contributed by atoms with Crippen LogP contribution in [0.1, 0.15) is 37.4 Å². The van der Waals surface area contributed by atoms with Crippen molar-refractivity contribution in [3.63, 3.8) is 0 Å². The first-order valence-electron chi connectivity index (χ1n) is 5.43. The standard InChI is InChI=1S/C12H21NO2/c1-5-12(4,14)8-13-7-11-6-9(2)15-10(11)3/h6,13-14H,5,7-8H2,1-4H3. The zero-order valence-electron chi connectivity index (χ0n) is 10.1. The number of hydrogen-bond acceptors (Lipinski definition) is 3. The molecule has 0 spiro atoms. The number of aryl methyl sites for hydroxylation is 2. The van der Waals surface area contributed by atoms with Crippen LogP contribution < -0.4 is 5.32 Å². The van der Waals surface area contributed by atoms with Crippen molar-refractivity contribution in [1.82, 2.24) is 5.32 Å². The van der Waals surface area contributed by atoms with Gasteiger partial charge in [0.05, 0.1) is 5.60 Å². The Morgan fingerprint density at radius 1 is 1.47 bits per heavy atom. The van der Waals surface area contributed by atoms with Gasteiger partial charge in [-0.3, -0.25) is 0 Å². The highest BCUT2D eigenvalue weighted by molar-refractivity contribution is 5.19. The Hall–Kier alpha value is -0.800. The van der Waals surface area contributed by atoms with Crippen LogP contribution in [0.25, 0.3) is 0 Å². The highest BCUT2D eigenvalue weighted by Crippen LogP contribution is 2.13. The second kappa shape index (κ2) is 4.81. The van der Waals surface area contributed by atoms with Crippen LogP contribution >= 0.6 is 0 Å². The van der Waals surface area contributed by atoms with Crippen molar-refractivity contribution in [3.8, 4) is 0 Å². The summed E-state index contributed by atoms with van der Waals surface area (Å²) in [5, 5.41) is 13.0. The summed E-state index contributed by atoms with van der Waals surface area (Å²) in [4.78, 5) is 0. The van der Waals surface area contributed by atoms with E-state index in [1.54, 1.807) is 0 Å². The molecule has 0 aromatic carbocycles. The van der Waals surface area contributed by atoms with Crippen molar-refractivity contribution in [2.24, 2.45) is 0 Å². The molecule has 1 aromatic heterocycles. The molecule has 0 aliphatic carbocycles. The molecule has 86 valence electrons. The zero-order valence-corrected chi connectivity index (χ0v) is 10.1. The van der Waals surface area contributed by atoms with Crippen molar-refractivity contribution >= 4 is 0 Å². The molecule has 0 bridgehead atoms. The Morgan fingerprint density at radius 2 is 2.13 bits per heavy atom. The fourth-order valence-corrected chi connectivity index (χ4v) is 1.45. The minimum absolute atomic E-state index is 0.604. The highest BCUT2D eigenvalue weighted by Gasteiger charge is 2.16. The lowest BCUT2D eigenvalue weighted by Crippen LogP contribution is -2.36. The second-order valence-electron chi connectivity index (χ2n) is 4.39. The van der Waals surface area contributed by atoms with Crippen LogP contribution in [0.3, 0.4) is 0 Å². The Labute approximate surface area is 91.5 Å². The minimum atomic E-state index is -0.618. The van der Waals surface area contributed by atoms with Crippen LogP contribution in [0.2, 0.25) is 0 Å². The molecule has 1 atom stereocenters. The lowest BCUT2D eigenvalue weighted by Gasteiger charge is -2.21. The molecular weight excluding hydrogens is 190 g/mol. The van der Waals surface area contributed by atoms with E-state index in [0.29, 0.717) is 6.54 Å². The average molecular weight is 211 g/mol. The summed E-state index contributed by atoms with van der Waals surface area (Å²) < 4.78 is 5.42. The van der Waals surface area contributed by atoms with Crippen LogP contribution in [-0.2, 0) is 6.54 Å². The number of nitrogens with one attached hydrogen (secondary N) is 1. The van der Waals surface area contributed by atoms with Gasteiger partial charge in [-0.15, -0.1) is 0 Å². The summed E-state index contributed by atoms with van der Waals surface area (Å²) in [6.45, 7) is 9.08. The monoisotopic (exact) mass is 211 g/mol. The van der Waals surface area contributed by atoms with Crippen LogP contribution in [0, 0.1) is 13.8 Å². The Bertz CT molecular complexity index is 315. The molecular formula is C12H21NO2. The third kappa shape index (κ3) is 3.68. The molecule has 0 fully saturated rings. The van der Waals surface area contributed by atoms with Crippen molar-refractivity contribution in [3.05, 3.63) is 23.2 Å². The Morgan fingerprint density at radius 3 is 2.60 bits per heavy atom. The van der Waals surface area contributed by atoms with Crippen LogP contribution in [0.5, 0.6) is 0 Å².